The fourth-order valence-electron chi connectivity index (χ4n) is 4.88. The van der Waals surface area contributed by atoms with Crippen LogP contribution in [0.5, 0.6) is 0 Å². The van der Waals surface area contributed by atoms with Gasteiger partial charge in [0.1, 0.15) is 10.9 Å². The lowest BCUT2D eigenvalue weighted by atomic mass is 10.1. The van der Waals surface area contributed by atoms with Gasteiger partial charge in [0, 0.05) is 29.2 Å². The molecule has 0 radical (unpaired) electrons. The van der Waals surface area contributed by atoms with Gasteiger partial charge >= 0.3 is 5.97 Å². The maximum Gasteiger partial charge on any atom is 0.303 e. The molecule has 216 valence electrons. The highest BCUT2D eigenvalue weighted by atomic mass is 35.5. The van der Waals surface area contributed by atoms with Crippen molar-refractivity contribution in [3.63, 3.8) is 0 Å². The quantitative estimate of drug-likeness (QED) is 0.142. The molecule has 0 bridgehead atoms. The van der Waals surface area contributed by atoms with Gasteiger partial charge in [-0.3, -0.25) is 29.0 Å². The van der Waals surface area contributed by atoms with Crippen LogP contribution in [0.1, 0.15) is 63.4 Å². The summed E-state index contributed by atoms with van der Waals surface area (Å²) in [4.78, 5) is 53.7. The van der Waals surface area contributed by atoms with Gasteiger partial charge in [0.05, 0.1) is 16.2 Å². The fraction of sp³-hybridized carbons (Fsp3) is 0.367. The molecule has 0 aliphatic carbocycles. The van der Waals surface area contributed by atoms with Crippen molar-refractivity contribution < 1.29 is 24.3 Å². The lowest BCUT2D eigenvalue weighted by molar-refractivity contribution is -0.137. The van der Waals surface area contributed by atoms with Crippen molar-refractivity contribution in [2.24, 2.45) is 0 Å². The summed E-state index contributed by atoms with van der Waals surface area (Å²) in [5.74, 6) is -1.79. The van der Waals surface area contributed by atoms with Crippen LogP contribution in [0.2, 0.25) is 5.02 Å². The maximum atomic E-state index is 13.6. The van der Waals surface area contributed by atoms with Crippen LogP contribution in [-0.2, 0) is 19.2 Å². The van der Waals surface area contributed by atoms with E-state index in [9.17, 15) is 19.2 Å². The zero-order chi connectivity index (χ0) is 29.4. The Bertz CT molecular complexity index is 1360. The minimum atomic E-state index is -0.743. The van der Waals surface area contributed by atoms with Crippen LogP contribution in [0.25, 0.3) is 5.57 Å². The van der Waals surface area contributed by atoms with Crippen LogP contribution < -0.4 is 10.2 Å². The Hall–Kier alpha value is -3.21. The number of amides is 3. The number of hydrogen-bond acceptors (Lipinski definition) is 6. The first-order valence-corrected chi connectivity index (χ1v) is 15.3. The van der Waals surface area contributed by atoms with Crippen molar-refractivity contribution in [2.75, 3.05) is 23.3 Å². The first kappa shape index (κ1) is 30.7. The third kappa shape index (κ3) is 7.96. The smallest absolute Gasteiger partial charge is 0.303 e. The third-order valence-electron chi connectivity index (χ3n) is 6.95. The molecule has 8 nitrogen and oxygen atoms in total. The van der Waals surface area contributed by atoms with E-state index >= 15 is 0 Å². The Morgan fingerprint density at radius 3 is 2.17 bits per heavy atom. The number of para-hydroxylation sites is 1. The molecule has 0 aromatic heterocycles. The summed E-state index contributed by atoms with van der Waals surface area (Å²) < 4.78 is 0.431. The van der Waals surface area contributed by atoms with Crippen LogP contribution in [0.3, 0.4) is 0 Å². The van der Waals surface area contributed by atoms with E-state index in [1.807, 2.05) is 0 Å². The van der Waals surface area contributed by atoms with Gasteiger partial charge in [0.15, 0.2) is 0 Å². The molecule has 0 atom stereocenters. The lowest BCUT2D eigenvalue weighted by Gasteiger charge is -2.17. The summed E-state index contributed by atoms with van der Waals surface area (Å²) in [6.45, 7) is 0.283. The highest BCUT2D eigenvalue weighted by molar-refractivity contribution is 8.26. The molecule has 0 saturated carbocycles. The number of thioether (sulfide) groups is 1. The monoisotopic (exact) mass is 613 g/mol. The van der Waals surface area contributed by atoms with Crippen molar-refractivity contribution in [1.29, 1.82) is 0 Å². The standard InChI is InChI=1S/C30H32ClN3O5S2/c31-20-14-16-21(17-15-20)32-24(35)19-34-23-12-9-8-11-22(23)26(28(34)38)27-29(39)33(30(40)41-27)18-10-6-4-2-1-3-5-7-13-25(36)37/h8-9,11-12,14-17H,1-7,10,13,18-19H2,(H,32,35)(H,36,37)/b27-26-. The summed E-state index contributed by atoms with van der Waals surface area (Å²) >= 11 is 12.6. The van der Waals surface area contributed by atoms with Gasteiger partial charge in [-0.05, 0) is 43.2 Å². The second kappa shape index (κ2) is 14.6. The van der Waals surface area contributed by atoms with Gasteiger partial charge in [0.2, 0.25) is 5.91 Å². The zero-order valence-electron chi connectivity index (χ0n) is 22.6. The molecule has 2 aromatic rings. The number of carbonyl (C=O) groups excluding carboxylic acids is 3. The van der Waals surface area contributed by atoms with Crippen molar-refractivity contribution in [3.05, 3.63) is 64.0 Å². The Labute approximate surface area is 254 Å². The van der Waals surface area contributed by atoms with Crippen molar-refractivity contribution in [3.8, 4) is 0 Å². The topological polar surface area (TPSA) is 107 Å². The number of benzene rings is 2. The predicted octanol–water partition coefficient (Wildman–Crippen LogP) is 6.49. The van der Waals surface area contributed by atoms with Gasteiger partial charge in [0.25, 0.3) is 11.8 Å². The molecule has 2 N–H and O–H groups in total. The molecule has 4 rings (SSSR count). The van der Waals surface area contributed by atoms with E-state index in [-0.39, 0.29) is 30.4 Å². The molecular weight excluding hydrogens is 582 g/mol. The number of anilines is 2. The van der Waals surface area contributed by atoms with E-state index in [4.69, 9.17) is 28.9 Å². The summed E-state index contributed by atoms with van der Waals surface area (Å²) in [5.41, 5.74) is 2.03. The molecule has 1 saturated heterocycles. The number of fused-ring (bicyclic) bond motifs is 1. The molecule has 1 fully saturated rings. The molecule has 0 spiro atoms. The summed E-state index contributed by atoms with van der Waals surface area (Å²) in [6, 6.07) is 13.8. The van der Waals surface area contributed by atoms with Gasteiger partial charge < -0.3 is 10.4 Å². The molecular formula is C30H32ClN3O5S2. The molecule has 0 unspecified atom stereocenters. The maximum absolute atomic E-state index is 13.6. The molecule has 41 heavy (non-hydrogen) atoms. The molecule has 2 aliphatic heterocycles. The number of unbranched alkanes of at least 4 members (excludes halogenated alkanes) is 7. The van der Waals surface area contributed by atoms with Crippen LogP contribution in [0, 0.1) is 0 Å². The SMILES string of the molecule is O=C(O)CCCCCCCCCCN1C(=O)/C(=C2/C(=O)N(CC(=O)Nc3ccc(Cl)cc3)c3ccccc32)SC1=S. The van der Waals surface area contributed by atoms with Crippen molar-refractivity contribution >= 4 is 80.5 Å². The summed E-state index contributed by atoms with van der Waals surface area (Å²) in [5, 5.41) is 12.0. The summed E-state index contributed by atoms with van der Waals surface area (Å²) in [7, 11) is 0. The molecule has 11 heteroatoms. The average molecular weight is 614 g/mol. The second-order valence-electron chi connectivity index (χ2n) is 9.96. The minimum absolute atomic E-state index is 0.207. The van der Waals surface area contributed by atoms with E-state index in [2.05, 4.69) is 5.32 Å². The highest BCUT2D eigenvalue weighted by Crippen LogP contribution is 2.44. The van der Waals surface area contributed by atoms with Gasteiger partial charge in [-0.15, -0.1) is 0 Å². The molecule has 3 amide bonds. The van der Waals surface area contributed by atoms with Gasteiger partial charge in [-0.2, -0.15) is 0 Å². The highest BCUT2D eigenvalue weighted by Gasteiger charge is 2.42. The second-order valence-corrected chi connectivity index (χ2v) is 12.0. The lowest BCUT2D eigenvalue weighted by Crippen LogP contribution is -2.35. The number of thiocarbonyl (C=S) groups is 1. The number of carboxylic acid groups (broad SMARTS) is 1. The van der Waals surface area contributed by atoms with Crippen LogP contribution >= 0.6 is 35.6 Å². The summed E-state index contributed by atoms with van der Waals surface area (Å²) in [6.07, 6.45) is 7.86. The van der Waals surface area contributed by atoms with E-state index in [0.717, 1.165) is 63.1 Å². The van der Waals surface area contributed by atoms with Gasteiger partial charge in [-0.1, -0.05) is 92.3 Å². The predicted molar refractivity (Wildman–Crippen MR) is 167 cm³/mol. The molecule has 2 aliphatic rings. The number of nitrogens with one attached hydrogen (secondary N) is 1. The van der Waals surface area contributed by atoms with E-state index in [1.165, 1.54) is 4.90 Å². The van der Waals surface area contributed by atoms with Gasteiger partial charge in [-0.25, -0.2) is 0 Å². The van der Waals surface area contributed by atoms with E-state index in [1.54, 1.807) is 53.4 Å². The van der Waals surface area contributed by atoms with Crippen LogP contribution in [0.15, 0.2) is 53.4 Å². The minimum Gasteiger partial charge on any atom is -0.481 e. The van der Waals surface area contributed by atoms with Crippen molar-refractivity contribution in [1.82, 2.24) is 4.90 Å². The largest absolute Gasteiger partial charge is 0.481 e. The Morgan fingerprint density at radius 1 is 0.854 bits per heavy atom. The molecule has 2 heterocycles. The zero-order valence-corrected chi connectivity index (χ0v) is 25.0. The number of carboxylic acids is 1. The molecule has 2 aromatic carbocycles. The van der Waals surface area contributed by atoms with Crippen LogP contribution in [-0.4, -0.2) is 51.1 Å². The number of hydrogen-bond donors (Lipinski definition) is 2. The Balaban J connectivity index is 1.34. The normalized spacial score (nSPS) is 16.5. The Morgan fingerprint density at radius 2 is 1.49 bits per heavy atom. The average Bonchev–Trinajstić information content (AvgIpc) is 3.37. The first-order valence-electron chi connectivity index (χ1n) is 13.7. The number of halogens is 1. The fourth-order valence-corrected chi connectivity index (χ4v) is 6.39. The number of aliphatic carboxylic acids is 1. The third-order valence-corrected chi connectivity index (χ3v) is 8.65. The number of nitrogens with zero attached hydrogens (tertiary/aromatic N) is 2. The van der Waals surface area contributed by atoms with E-state index < -0.39 is 11.9 Å². The van der Waals surface area contributed by atoms with E-state index in [0.29, 0.717) is 37.7 Å². The van der Waals surface area contributed by atoms with Crippen LogP contribution in [0.4, 0.5) is 11.4 Å². The number of carbonyl (C=O) groups is 4. The Kier molecular flexibility index (Phi) is 11.0. The number of rotatable bonds is 14. The van der Waals surface area contributed by atoms with Crippen molar-refractivity contribution in [2.45, 2.75) is 57.8 Å². The first-order chi connectivity index (χ1) is 19.8.